The summed E-state index contributed by atoms with van der Waals surface area (Å²) in [5.41, 5.74) is -0.986. The van der Waals surface area contributed by atoms with Crippen LogP contribution in [0.3, 0.4) is 0 Å². The van der Waals surface area contributed by atoms with Crippen LogP contribution in [-0.2, 0) is 14.4 Å². The summed E-state index contributed by atoms with van der Waals surface area (Å²) in [6.45, 7) is 1.44. The van der Waals surface area contributed by atoms with E-state index >= 15 is 0 Å². The molecule has 9 nitrogen and oxygen atoms in total. The summed E-state index contributed by atoms with van der Waals surface area (Å²) in [5, 5.41) is 12.3. The number of nitrogens with one attached hydrogen (secondary N) is 1. The number of hydrogen-bond donors (Lipinski definition) is 1. The van der Waals surface area contributed by atoms with E-state index in [1.54, 1.807) is 24.3 Å². The Balaban J connectivity index is 1.61. The van der Waals surface area contributed by atoms with Crippen molar-refractivity contribution in [3.8, 4) is 6.07 Å². The predicted octanol–water partition coefficient (Wildman–Crippen LogP) is 4.42. The lowest BCUT2D eigenvalue weighted by Gasteiger charge is -2.41. The van der Waals surface area contributed by atoms with Gasteiger partial charge in [-0.25, -0.2) is 13.8 Å². The molecule has 1 N–H and O–H groups in total. The SMILES string of the molecule is CC1(F)CC(NC(=O)[C@@H](c2ccccc2Cl)N(C(=O)[C@@H]2CCC(=O)N2c2cc(C#N)ccn2)c2cncc(F)c2)C1. The molecule has 2 aromatic heterocycles. The minimum absolute atomic E-state index is 0.00419. The normalized spacial score (nSPS) is 22.4. The second-order valence-corrected chi connectivity index (χ2v) is 10.8. The highest BCUT2D eigenvalue weighted by Crippen LogP contribution is 2.38. The van der Waals surface area contributed by atoms with Crippen LogP contribution in [0.15, 0.2) is 61.1 Å². The third-order valence-corrected chi connectivity index (χ3v) is 7.57. The Labute approximate surface area is 239 Å². The molecule has 1 saturated heterocycles. The van der Waals surface area contributed by atoms with Gasteiger partial charge in [0.1, 0.15) is 29.4 Å². The number of alkyl halides is 1. The lowest BCUT2D eigenvalue weighted by Crippen LogP contribution is -2.56. The maximum atomic E-state index is 14.5. The standard InChI is InChI=1S/C29H25ClF2N6O3/c1-29(32)12-19(13-29)36-27(40)26(21-4-2-3-5-22(21)30)37(20-11-18(31)15-34-16-20)28(41)23-6-7-25(39)38(23)24-10-17(14-33)8-9-35-24/h2-5,8-11,15-16,19,23,26H,6-7,12-13H2,1H3,(H,36,40)/t19?,23-,26+,29?/m0/s1. The number of halogens is 3. The molecular formula is C29H25ClF2N6O3. The molecule has 0 bridgehead atoms. The van der Waals surface area contributed by atoms with Gasteiger partial charge in [-0.3, -0.25) is 29.2 Å². The van der Waals surface area contributed by atoms with E-state index in [9.17, 15) is 28.4 Å². The number of benzene rings is 1. The van der Waals surface area contributed by atoms with Crippen LogP contribution in [0.5, 0.6) is 0 Å². The average Bonchev–Trinajstić information content (AvgIpc) is 3.32. The summed E-state index contributed by atoms with van der Waals surface area (Å²) < 4.78 is 28.7. The number of aromatic nitrogens is 2. The minimum Gasteiger partial charge on any atom is -0.351 e. The number of rotatable bonds is 7. The van der Waals surface area contributed by atoms with Crippen LogP contribution < -0.4 is 15.1 Å². The predicted molar refractivity (Wildman–Crippen MR) is 146 cm³/mol. The third kappa shape index (κ3) is 5.74. The number of pyridine rings is 2. The van der Waals surface area contributed by atoms with Crippen LogP contribution >= 0.6 is 11.6 Å². The number of carbonyl (C=O) groups excluding carboxylic acids is 3. The molecule has 41 heavy (non-hydrogen) atoms. The zero-order valence-corrected chi connectivity index (χ0v) is 22.7. The summed E-state index contributed by atoms with van der Waals surface area (Å²) in [6, 6.07) is 9.27. The molecule has 12 heteroatoms. The molecule has 1 aliphatic carbocycles. The van der Waals surface area contributed by atoms with Gasteiger partial charge in [-0.2, -0.15) is 5.26 Å². The highest BCUT2D eigenvalue weighted by Gasteiger charge is 2.46. The minimum atomic E-state index is -1.42. The summed E-state index contributed by atoms with van der Waals surface area (Å²) in [5.74, 6) is -2.43. The van der Waals surface area contributed by atoms with E-state index < -0.39 is 47.3 Å². The third-order valence-electron chi connectivity index (χ3n) is 7.22. The monoisotopic (exact) mass is 578 g/mol. The van der Waals surface area contributed by atoms with Crippen LogP contribution in [0.2, 0.25) is 5.02 Å². The maximum absolute atomic E-state index is 14.5. The molecule has 1 saturated carbocycles. The summed E-state index contributed by atoms with van der Waals surface area (Å²) in [4.78, 5) is 51.7. The first-order chi connectivity index (χ1) is 19.6. The first-order valence-electron chi connectivity index (χ1n) is 12.9. The van der Waals surface area contributed by atoms with E-state index in [-0.39, 0.29) is 53.3 Å². The fourth-order valence-corrected chi connectivity index (χ4v) is 5.60. The fraction of sp³-hybridized carbons (Fsp3) is 0.310. The fourth-order valence-electron chi connectivity index (χ4n) is 5.37. The van der Waals surface area contributed by atoms with Crippen molar-refractivity contribution in [2.75, 3.05) is 9.80 Å². The van der Waals surface area contributed by atoms with E-state index in [0.29, 0.717) is 0 Å². The quantitative estimate of drug-likeness (QED) is 0.443. The molecule has 3 amide bonds. The van der Waals surface area contributed by atoms with Crippen LogP contribution in [0, 0.1) is 17.1 Å². The maximum Gasteiger partial charge on any atom is 0.251 e. The number of nitriles is 1. The van der Waals surface area contributed by atoms with E-state index in [1.807, 2.05) is 6.07 Å². The molecule has 3 aromatic rings. The van der Waals surface area contributed by atoms with E-state index in [1.165, 1.54) is 36.4 Å². The van der Waals surface area contributed by atoms with Gasteiger partial charge >= 0.3 is 0 Å². The number of carbonyl (C=O) groups is 3. The Kier molecular flexibility index (Phi) is 7.69. The number of nitrogens with zero attached hydrogens (tertiary/aromatic N) is 5. The van der Waals surface area contributed by atoms with Crippen molar-refractivity contribution in [3.05, 3.63) is 83.0 Å². The van der Waals surface area contributed by atoms with Gasteiger partial charge in [-0.15, -0.1) is 0 Å². The van der Waals surface area contributed by atoms with Gasteiger partial charge in [0, 0.05) is 48.2 Å². The van der Waals surface area contributed by atoms with Crippen molar-refractivity contribution in [2.24, 2.45) is 0 Å². The van der Waals surface area contributed by atoms with Crippen molar-refractivity contribution >= 4 is 40.8 Å². The molecule has 2 aliphatic rings. The van der Waals surface area contributed by atoms with Gasteiger partial charge in [-0.1, -0.05) is 29.8 Å². The Bertz CT molecular complexity index is 1550. The van der Waals surface area contributed by atoms with Crippen LogP contribution in [-0.4, -0.2) is 45.4 Å². The molecule has 210 valence electrons. The molecular weight excluding hydrogens is 554 g/mol. The molecule has 1 aromatic carbocycles. The van der Waals surface area contributed by atoms with Gasteiger partial charge in [0.2, 0.25) is 11.8 Å². The molecule has 0 spiro atoms. The molecule has 3 heterocycles. The van der Waals surface area contributed by atoms with Gasteiger partial charge in [0.25, 0.3) is 5.91 Å². The molecule has 0 unspecified atom stereocenters. The molecule has 2 atom stereocenters. The van der Waals surface area contributed by atoms with E-state index in [0.717, 1.165) is 17.2 Å². The Morgan fingerprint density at radius 2 is 2.00 bits per heavy atom. The van der Waals surface area contributed by atoms with E-state index in [2.05, 4.69) is 15.3 Å². The van der Waals surface area contributed by atoms with Gasteiger partial charge in [-0.05, 0) is 31.5 Å². The molecule has 5 rings (SSSR count). The Morgan fingerprint density at radius 1 is 1.24 bits per heavy atom. The summed E-state index contributed by atoms with van der Waals surface area (Å²) in [7, 11) is 0. The smallest absolute Gasteiger partial charge is 0.251 e. The first kappa shape index (κ1) is 28.1. The van der Waals surface area contributed by atoms with Crippen LogP contribution in [0.4, 0.5) is 20.3 Å². The highest BCUT2D eigenvalue weighted by molar-refractivity contribution is 6.31. The number of amides is 3. The van der Waals surface area contributed by atoms with Gasteiger partial charge in [0.15, 0.2) is 0 Å². The zero-order chi connectivity index (χ0) is 29.3. The molecule has 2 fully saturated rings. The van der Waals surface area contributed by atoms with Crippen molar-refractivity contribution in [3.63, 3.8) is 0 Å². The van der Waals surface area contributed by atoms with Crippen LogP contribution in [0.1, 0.15) is 49.8 Å². The highest BCUT2D eigenvalue weighted by atomic mass is 35.5. The summed E-state index contributed by atoms with van der Waals surface area (Å²) in [6.07, 6.45) is 3.81. The second kappa shape index (κ2) is 11.2. The van der Waals surface area contributed by atoms with Gasteiger partial charge in [0.05, 0.1) is 29.7 Å². The van der Waals surface area contributed by atoms with E-state index in [4.69, 9.17) is 11.6 Å². The van der Waals surface area contributed by atoms with Crippen LogP contribution in [0.25, 0.3) is 0 Å². The number of hydrogen-bond acceptors (Lipinski definition) is 6. The molecule has 0 radical (unpaired) electrons. The van der Waals surface area contributed by atoms with Crippen molar-refractivity contribution in [1.29, 1.82) is 5.26 Å². The lowest BCUT2D eigenvalue weighted by atomic mass is 9.78. The Morgan fingerprint density at radius 3 is 2.68 bits per heavy atom. The molecule has 1 aliphatic heterocycles. The van der Waals surface area contributed by atoms with Crippen molar-refractivity contribution < 1.29 is 23.2 Å². The lowest BCUT2D eigenvalue weighted by molar-refractivity contribution is -0.128. The summed E-state index contributed by atoms with van der Waals surface area (Å²) >= 11 is 6.53. The Hall–Kier alpha value is -4.43. The van der Waals surface area contributed by atoms with Crippen molar-refractivity contribution in [1.82, 2.24) is 15.3 Å². The average molecular weight is 579 g/mol. The number of anilines is 2. The second-order valence-electron chi connectivity index (χ2n) is 10.4. The van der Waals surface area contributed by atoms with Gasteiger partial charge < -0.3 is 5.32 Å². The first-order valence-corrected chi connectivity index (χ1v) is 13.3. The van der Waals surface area contributed by atoms with Crippen molar-refractivity contribution in [2.45, 2.75) is 56.4 Å². The largest absolute Gasteiger partial charge is 0.351 e. The topological polar surface area (TPSA) is 119 Å². The zero-order valence-electron chi connectivity index (χ0n) is 21.9.